The number of nitrogens with zero attached hydrogens (tertiary/aromatic N) is 2. The fourth-order valence-electron chi connectivity index (χ4n) is 1.10. The Morgan fingerprint density at radius 1 is 1.50 bits per heavy atom. The van der Waals surface area contributed by atoms with Gasteiger partial charge in [0.05, 0.1) is 12.3 Å². The summed E-state index contributed by atoms with van der Waals surface area (Å²) in [6.07, 6.45) is 1.20. The number of nitriles is 1. The number of hydrogen-bond donors (Lipinski definition) is 1. The molecule has 0 bridgehead atoms. The Bertz CT molecular complexity index is 395. The maximum Gasteiger partial charge on any atom is 0.427 e. The van der Waals surface area contributed by atoms with Gasteiger partial charge in [0.15, 0.2) is 0 Å². The summed E-state index contributed by atoms with van der Waals surface area (Å²) in [5.74, 6) is 0. The van der Waals surface area contributed by atoms with E-state index in [4.69, 9.17) is 5.26 Å². The highest BCUT2D eigenvalue weighted by Gasteiger charge is 2.09. The van der Waals surface area contributed by atoms with Gasteiger partial charge < -0.3 is 4.74 Å². The molecule has 5 nitrogen and oxygen atoms in total. The highest BCUT2D eigenvalue weighted by atomic mass is 16.6. The highest BCUT2D eigenvalue weighted by Crippen LogP contribution is 2.12. The third-order valence-electron chi connectivity index (χ3n) is 1.87. The predicted octanol–water partition coefficient (Wildman–Crippen LogP) is 1.94. The van der Waals surface area contributed by atoms with Crippen molar-refractivity contribution in [3.63, 3.8) is 0 Å². The van der Waals surface area contributed by atoms with Crippen LogP contribution in [0, 0.1) is 18.4 Å². The van der Waals surface area contributed by atoms with E-state index in [0.29, 0.717) is 5.69 Å². The zero-order chi connectivity index (χ0) is 12.0. The summed E-state index contributed by atoms with van der Waals surface area (Å²) in [6, 6.07) is 7.19. The molecule has 84 valence electrons. The Hall–Kier alpha value is -2.22. The highest BCUT2D eigenvalue weighted by molar-refractivity contribution is 5.71. The number of nitrogens with one attached hydrogen (secondary N) is 1. The van der Waals surface area contributed by atoms with Crippen molar-refractivity contribution in [2.24, 2.45) is 0 Å². The van der Waals surface area contributed by atoms with Crippen molar-refractivity contribution in [3.05, 3.63) is 29.8 Å². The van der Waals surface area contributed by atoms with E-state index in [2.05, 4.69) is 10.2 Å². The fourth-order valence-corrected chi connectivity index (χ4v) is 1.10. The van der Waals surface area contributed by atoms with Gasteiger partial charge in [-0.2, -0.15) is 10.3 Å². The molecule has 1 rings (SSSR count). The van der Waals surface area contributed by atoms with E-state index in [1.54, 1.807) is 19.1 Å². The van der Waals surface area contributed by atoms with Crippen LogP contribution in [0.3, 0.4) is 0 Å². The van der Waals surface area contributed by atoms with Gasteiger partial charge in [-0.1, -0.05) is 17.7 Å². The standard InChI is InChI=1S/C11H13N3O2/c1-3-16-11(15)13-14(8-12)10-6-4-9(2)5-7-10/h4-7H,3H2,1-2H3,(H,13,15). The average Bonchev–Trinajstić information content (AvgIpc) is 2.27. The lowest BCUT2D eigenvalue weighted by Crippen LogP contribution is -2.39. The molecule has 0 saturated heterocycles. The number of rotatable bonds is 3. The lowest BCUT2D eigenvalue weighted by atomic mass is 10.2. The van der Waals surface area contributed by atoms with Crippen molar-refractivity contribution in [2.45, 2.75) is 13.8 Å². The monoisotopic (exact) mass is 219 g/mol. The van der Waals surface area contributed by atoms with Crippen molar-refractivity contribution in [2.75, 3.05) is 11.6 Å². The van der Waals surface area contributed by atoms with Crippen LogP contribution in [0.4, 0.5) is 10.5 Å². The molecule has 0 aliphatic heterocycles. The van der Waals surface area contributed by atoms with Gasteiger partial charge in [0, 0.05) is 0 Å². The van der Waals surface area contributed by atoms with Crippen LogP contribution in [0.1, 0.15) is 12.5 Å². The predicted molar refractivity (Wildman–Crippen MR) is 59.4 cm³/mol. The van der Waals surface area contributed by atoms with E-state index >= 15 is 0 Å². The first-order chi connectivity index (χ1) is 7.67. The minimum Gasteiger partial charge on any atom is -0.449 e. The Labute approximate surface area is 94.2 Å². The van der Waals surface area contributed by atoms with E-state index < -0.39 is 6.09 Å². The van der Waals surface area contributed by atoms with Crippen LogP contribution >= 0.6 is 0 Å². The number of carbonyl (C=O) groups is 1. The summed E-state index contributed by atoms with van der Waals surface area (Å²) < 4.78 is 4.68. The van der Waals surface area contributed by atoms with Gasteiger partial charge in [0.1, 0.15) is 0 Å². The molecule has 0 spiro atoms. The SMILES string of the molecule is CCOC(=O)NN(C#N)c1ccc(C)cc1. The molecule has 0 fully saturated rings. The lowest BCUT2D eigenvalue weighted by molar-refractivity contribution is 0.152. The minimum atomic E-state index is -0.648. The molecule has 1 amide bonds. The Kier molecular flexibility index (Phi) is 4.16. The molecule has 0 radical (unpaired) electrons. The summed E-state index contributed by atoms with van der Waals surface area (Å²) in [6.45, 7) is 3.90. The smallest absolute Gasteiger partial charge is 0.427 e. The second-order valence-electron chi connectivity index (χ2n) is 3.10. The summed E-state index contributed by atoms with van der Waals surface area (Å²) in [4.78, 5) is 11.1. The number of ether oxygens (including phenoxy) is 1. The van der Waals surface area contributed by atoms with Gasteiger partial charge in [-0.25, -0.2) is 10.2 Å². The molecule has 0 atom stereocenters. The molecular weight excluding hydrogens is 206 g/mol. The molecule has 16 heavy (non-hydrogen) atoms. The first-order valence-electron chi connectivity index (χ1n) is 4.87. The number of benzene rings is 1. The summed E-state index contributed by atoms with van der Waals surface area (Å²) in [5.41, 5.74) is 3.98. The molecule has 0 heterocycles. The van der Waals surface area contributed by atoms with Crippen molar-refractivity contribution >= 4 is 11.8 Å². The molecule has 0 unspecified atom stereocenters. The summed E-state index contributed by atoms with van der Waals surface area (Å²) in [7, 11) is 0. The van der Waals surface area contributed by atoms with E-state index in [0.717, 1.165) is 10.6 Å². The Morgan fingerprint density at radius 3 is 2.62 bits per heavy atom. The molecule has 0 aromatic heterocycles. The third-order valence-corrected chi connectivity index (χ3v) is 1.87. The number of anilines is 1. The quantitative estimate of drug-likeness (QED) is 0.479. The molecule has 5 heteroatoms. The molecule has 0 aliphatic carbocycles. The van der Waals surface area contributed by atoms with Gasteiger partial charge in [-0.15, -0.1) is 0 Å². The second kappa shape index (κ2) is 5.61. The van der Waals surface area contributed by atoms with Crippen molar-refractivity contribution < 1.29 is 9.53 Å². The van der Waals surface area contributed by atoms with E-state index in [9.17, 15) is 4.79 Å². The molecule has 1 aromatic carbocycles. The number of hydrazine groups is 1. The van der Waals surface area contributed by atoms with Crippen LogP contribution in [0.15, 0.2) is 24.3 Å². The second-order valence-corrected chi connectivity index (χ2v) is 3.10. The molecular formula is C11H13N3O2. The zero-order valence-electron chi connectivity index (χ0n) is 9.23. The van der Waals surface area contributed by atoms with Gasteiger partial charge in [0.25, 0.3) is 0 Å². The number of amides is 1. The van der Waals surface area contributed by atoms with Crippen molar-refractivity contribution in [3.8, 4) is 6.19 Å². The van der Waals surface area contributed by atoms with E-state index in [-0.39, 0.29) is 6.61 Å². The Balaban J connectivity index is 2.72. The maximum absolute atomic E-state index is 11.1. The number of aryl methyl sites for hydroxylation is 1. The first-order valence-corrected chi connectivity index (χ1v) is 4.87. The van der Waals surface area contributed by atoms with Crippen molar-refractivity contribution in [1.29, 1.82) is 5.26 Å². The summed E-state index contributed by atoms with van der Waals surface area (Å²) in [5, 5.41) is 9.92. The van der Waals surface area contributed by atoms with Gasteiger partial charge in [-0.3, -0.25) is 0 Å². The topological polar surface area (TPSA) is 65.4 Å². The van der Waals surface area contributed by atoms with Crippen LogP contribution in [-0.4, -0.2) is 12.7 Å². The maximum atomic E-state index is 11.1. The Morgan fingerprint density at radius 2 is 2.12 bits per heavy atom. The van der Waals surface area contributed by atoms with E-state index in [1.807, 2.05) is 25.2 Å². The van der Waals surface area contributed by atoms with Gasteiger partial charge >= 0.3 is 6.09 Å². The number of hydrogen-bond acceptors (Lipinski definition) is 4. The van der Waals surface area contributed by atoms with E-state index in [1.165, 1.54) is 0 Å². The molecule has 1 N–H and O–H groups in total. The van der Waals surface area contributed by atoms with Crippen LogP contribution in [0.2, 0.25) is 0 Å². The van der Waals surface area contributed by atoms with Gasteiger partial charge in [-0.05, 0) is 26.0 Å². The van der Waals surface area contributed by atoms with Crippen LogP contribution in [-0.2, 0) is 4.74 Å². The fraction of sp³-hybridized carbons (Fsp3) is 0.273. The number of carbonyl (C=O) groups excluding carboxylic acids is 1. The van der Waals surface area contributed by atoms with Crippen LogP contribution in [0.5, 0.6) is 0 Å². The molecule has 0 aliphatic rings. The summed E-state index contributed by atoms with van der Waals surface area (Å²) >= 11 is 0. The van der Waals surface area contributed by atoms with Crippen LogP contribution in [0.25, 0.3) is 0 Å². The molecule has 0 saturated carbocycles. The lowest BCUT2D eigenvalue weighted by Gasteiger charge is -2.16. The van der Waals surface area contributed by atoms with Crippen molar-refractivity contribution in [1.82, 2.24) is 5.43 Å². The zero-order valence-corrected chi connectivity index (χ0v) is 9.23. The first kappa shape index (κ1) is 11.9. The third kappa shape index (κ3) is 3.17. The van der Waals surface area contributed by atoms with Gasteiger partial charge in [0.2, 0.25) is 6.19 Å². The van der Waals surface area contributed by atoms with Crippen LogP contribution < -0.4 is 10.4 Å². The normalized spacial score (nSPS) is 9.06. The average molecular weight is 219 g/mol. The largest absolute Gasteiger partial charge is 0.449 e. The molecule has 1 aromatic rings. The minimum absolute atomic E-state index is 0.263.